The predicted molar refractivity (Wildman–Crippen MR) is 122 cm³/mol. The summed E-state index contributed by atoms with van der Waals surface area (Å²) >= 11 is 0. The zero-order valence-electron chi connectivity index (χ0n) is 18.9. The zero-order valence-corrected chi connectivity index (χ0v) is 18.9. The summed E-state index contributed by atoms with van der Waals surface area (Å²) in [5, 5.41) is 6.70. The SMILES string of the molecule is CN=C(NCc1cccc(OC)c1OC)NCc1cccc(OC)c1OC1CCCC1. The maximum Gasteiger partial charge on any atom is 0.191 e. The van der Waals surface area contributed by atoms with Gasteiger partial charge >= 0.3 is 0 Å². The van der Waals surface area contributed by atoms with Crippen LogP contribution in [0.1, 0.15) is 36.8 Å². The molecule has 2 aromatic rings. The fraction of sp³-hybridized carbons (Fsp3) is 0.458. The van der Waals surface area contributed by atoms with Gasteiger partial charge < -0.3 is 29.6 Å². The first kappa shape index (κ1) is 22.6. The predicted octanol–water partition coefficient (Wildman–Crippen LogP) is 3.90. The zero-order chi connectivity index (χ0) is 22.1. The van der Waals surface area contributed by atoms with Crippen molar-refractivity contribution in [3.05, 3.63) is 47.5 Å². The smallest absolute Gasteiger partial charge is 0.191 e. The van der Waals surface area contributed by atoms with Crippen LogP contribution in [0.15, 0.2) is 41.4 Å². The summed E-state index contributed by atoms with van der Waals surface area (Å²) in [6, 6.07) is 11.8. The molecule has 0 heterocycles. The van der Waals surface area contributed by atoms with E-state index in [1.165, 1.54) is 12.8 Å². The Hall–Kier alpha value is -3.09. The average molecular weight is 428 g/mol. The molecule has 0 aromatic heterocycles. The highest BCUT2D eigenvalue weighted by molar-refractivity contribution is 5.79. The molecule has 7 heteroatoms. The molecule has 0 radical (unpaired) electrons. The number of guanidine groups is 1. The van der Waals surface area contributed by atoms with E-state index >= 15 is 0 Å². The van der Waals surface area contributed by atoms with Crippen molar-refractivity contribution < 1.29 is 18.9 Å². The van der Waals surface area contributed by atoms with E-state index in [9.17, 15) is 0 Å². The Kier molecular flexibility index (Phi) is 8.27. The van der Waals surface area contributed by atoms with Gasteiger partial charge in [0.15, 0.2) is 29.0 Å². The largest absolute Gasteiger partial charge is 0.493 e. The van der Waals surface area contributed by atoms with Crippen molar-refractivity contribution in [3.63, 3.8) is 0 Å². The van der Waals surface area contributed by atoms with Crippen LogP contribution >= 0.6 is 0 Å². The van der Waals surface area contributed by atoms with E-state index in [2.05, 4.69) is 21.7 Å². The maximum atomic E-state index is 6.32. The lowest BCUT2D eigenvalue weighted by Gasteiger charge is -2.20. The molecule has 31 heavy (non-hydrogen) atoms. The third-order valence-electron chi connectivity index (χ3n) is 5.47. The number of nitrogens with zero attached hydrogens (tertiary/aromatic N) is 1. The molecule has 1 aliphatic carbocycles. The molecule has 0 spiro atoms. The van der Waals surface area contributed by atoms with Crippen molar-refractivity contribution >= 4 is 5.96 Å². The van der Waals surface area contributed by atoms with Gasteiger partial charge in [0.05, 0.1) is 27.4 Å². The Bertz CT molecular complexity index is 879. The van der Waals surface area contributed by atoms with Crippen LogP contribution in [0.3, 0.4) is 0 Å². The van der Waals surface area contributed by atoms with Crippen LogP contribution in [-0.4, -0.2) is 40.4 Å². The van der Waals surface area contributed by atoms with E-state index in [1.807, 2.05) is 30.3 Å². The van der Waals surface area contributed by atoms with Gasteiger partial charge in [0.2, 0.25) is 0 Å². The van der Waals surface area contributed by atoms with Crippen LogP contribution in [0, 0.1) is 0 Å². The van der Waals surface area contributed by atoms with Crippen molar-refractivity contribution in [3.8, 4) is 23.0 Å². The Labute approximate surface area is 184 Å². The van der Waals surface area contributed by atoms with Gasteiger partial charge in [-0.15, -0.1) is 0 Å². The fourth-order valence-corrected chi connectivity index (χ4v) is 3.84. The molecule has 168 valence electrons. The minimum Gasteiger partial charge on any atom is -0.493 e. The van der Waals surface area contributed by atoms with Gasteiger partial charge in [-0.05, 0) is 37.8 Å². The molecule has 0 saturated heterocycles. The van der Waals surface area contributed by atoms with Gasteiger partial charge in [-0.2, -0.15) is 0 Å². The van der Waals surface area contributed by atoms with Crippen LogP contribution in [-0.2, 0) is 13.1 Å². The van der Waals surface area contributed by atoms with Gasteiger partial charge in [0.25, 0.3) is 0 Å². The molecule has 2 aromatic carbocycles. The first-order valence-corrected chi connectivity index (χ1v) is 10.7. The molecule has 0 amide bonds. The number of methoxy groups -OCH3 is 3. The summed E-state index contributed by atoms with van der Waals surface area (Å²) in [4.78, 5) is 4.34. The summed E-state index contributed by atoms with van der Waals surface area (Å²) in [7, 11) is 6.70. The first-order chi connectivity index (χ1) is 15.2. The second kappa shape index (κ2) is 11.3. The fourth-order valence-electron chi connectivity index (χ4n) is 3.84. The number of hydrogen-bond acceptors (Lipinski definition) is 5. The second-order valence-corrected chi connectivity index (χ2v) is 7.40. The highest BCUT2D eigenvalue weighted by Gasteiger charge is 2.20. The Morgan fingerprint density at radius 2 is 1.39 bits per heavy atom. The highest BCUT2D eigenvalue weighted by Crippen LogP contribution is 2.35. The maximum absolute atomic E-state index is 6.32. The summed E-state index contributed by atoms with van der Waals surface area (Å²) in [5.74, 6) is 3.67. The van der Waals surface area contributed by atoms with Crippen molar-refractivity contribution in [1.29, 1.82) is 0 Å². The van der Waals surface area contributed by atoms with E-state index in [-0.39, 0.29) is 6.10 Å². The molecule has 1 fully saturated rings. The van der Waals surface area contributed by atoms with E-state index in [0.717, 1.165) is 35.5 Å². The van der Waals surface area contributed by atoms with E-state index in [1.54, 1.807) is 28.4 Å². The number of benzene rings is 2. The highest BCUT2D eigenvalue weighted by atomic mass is 16.5. The lowest BCUT2D eigenvalue weighted by Crippen LogP contribution is -2.36. The van der Waals surface area contributed by atoms with Crippen LogP contribution in [0.25, 0.3) is 0 Å². The number of ether oxygens (including phenoxy) is 4. The Morgan fingerprint density at radius 1 is 0.839 bits per heavy atom. The number of para-hydroxylation sites is 2. The van der Waals surface area contributed by atoms with Crippen molar-refractivity contribution in [2.24, 2.45) is 4.99 Å². The number of rotatable bonds is 9. The lowest BCUT2D eigenvalue weighted by atomic mass is 10.1. The molecule has 1 aliphatic rings. The molecule has 3 rings (SSSR count). The average Bonchev–Trinajstić information content (AvgIpc) is 3.32. The topological polar surface area (TPSA) is 73.3 Å². The third-order valence-corrected chi connectivity index (χ3v) is 5.47. The molecule has 2 N–H and O–H groups in total. The molecule has 0 aliphatic heterocycles. The molecule has 7 nitrogen and oxygen atoms in total. The van der Waals surface area contributed by atoms with Gasteiger partial charge in [-0.3, -0.25) is 4.99 Å². The minimum absolute atomic E-state index is 0.257. The molecule has 0 unspecified atom stereocenters. The number of aliphatic imine (C=N–C) groups is 1. The number of hydrogen-bond donors (Lipinski definition) is 2. The minimum atomic E-state index is 0.257. The van der Waals surface area contributed by atoms with Gasteiger partial charge in [0, 0.05) is 31.3 Å². The monoisotopic (exact) mass is 427 g/mol. The van der Waals surface area contributed by atoms with Gasteiger partial charge in [-0.25, -0.2) is 0 Å². The lowest BCUT2D eigenvalue weighted by molar-refractivity contribution is 0.198. The molecule has 0 bridgehead atoms. The van der Waals surface area contributed by atoms with Crippen molar-refractivity contribution in [1.82, 2.24) is 10.6 Å². The molecular formula is C24H33N3O4. The summed E-state index contributed by atoms with van der Waals surface area (Å²) < 4.78 is 22.8. The standard InChI is InChI=1S/C24H33N3O4/c1-25-24(26-15-17-9-7-13-20(28-2)22(17)30-4)27-16-18-10-8-14-21(29-3)23(18)31-19-11-5-6-12-19/h7-10,13-14,19H,5-6,11-12,15-16H2,1-4H3,(H2,25,26,27). The normalized spacial score (nSPS) is 14.3. The first-order valence-electron chi connectivity index (χ1n) is 10.7. The summed E-state index contributed by atoms with van der Waals surface area (Å²) in [6.07, 6.45) is 4.88. The van der Waals surface area contributed by atoms with Crippen molar-refractivity contribution in [2.45, 2.75) is 44.9 Å². The van der Waals surface area contributed by atoms with Crippen molar-refractivity contribution in [2.75, 3.05) is 28.4 Å². The van der Waals surface area contributed by atoms with Crippen LogP contribution in [0.4, 0.5) is 0 Å². The second-order valence-electron chi connectivity index (χ2n) is 7.40. The Morgan fingerprint density at radius 3 is 1.90 bits per heavy atom. The van der Waals surface area contributed by atoms with E-state index in [4.69, 9.17) is 18.9 Å². The van der Waals surface area contributed by atoms with E-state index < -0.39 is 0 Å². The third kappa shape index (κ3) is 5.75. The summed E-state index contributed by atoms with van der Waals surface area (Å²) in [5.41, 5.74) is 2.02. The quantitative estimate of drug-likeness (QED) is 0.467. The van der Waals surface area contributed by atoms with Gasteiger partial charge in [0.1, 0.15) is 0 Å². The van der Waals surface area contributed by atoms with Crippen LogP contribution < -0.4 is 29.6 Å². The summed E-state index contributed by atoms with van der Waals surface area (Å²) in [6.45, 7) is 1.11. The molecule has 1 saturated carbocycles. The Balaban J connectivity index is 1.66. The molecule has 0 atom stereocenters. The molecular weight excluding hydrogens is 394 g/mol. The number of nitrogens with one attached hydrogen (secondary N) is 2. The van der Waals surface area contributed by atoms with E-state index in [0.29, 0.717) is 30.5 Å². The van der Waals surface area contributed by atoms with Crippen LogP contribution in [0.2, 0.25) is 0 Å². The van der Waals surface area contributed by atoms with Gasteiger partial charge in [-0.1, -0.05) is 24.3 Å². The van der Waals surface area contributed by atoms with Crippen LogP contribution in [0.5, 0.6) is 23.0 Å².